The van der Waals surface area contributed by atoms with Crippen LogP contribution in [0.25, 0.3) is 0 Å². The second-order valence-corrected chi connectivity index (χ2v) is 4.81. The molecule has 1 saturated heterocycles. The fraction of sp³-hybridized carbons (Fsp3) is 0.267. The maximum atomic E-state index is 12.2. The van der Waals surface area contributed by atoms with Crippen molar-refractivity contribution >= 4 is 17.7 Å². The molecule has 0 aromatic carbocycles. The van der Waals surface area contributed by atoms with Gasteiger partial charge < -0.3 is 9.80 Å². The maximum Gasteiger partial charge on any atom is 0.323 e. The van der Waals surface area contributed by atoms with E-state index >= 15 is 0 Å². The minimum absolute atomic E-state index is 0.102. The molecule has 6 heteroatoms. The highest BCUT2D eigenvalue weighted by atomic mass is 16.2. The van der Waals surface area contributed by atoms with Crippen LogP contribution in [0.1, 0.15) is 0 Å². The molecule has 2 aromatic heterocycles. The molecule has 6 nitrogen and oxygen atoms in total. The fourth-order valence-corrected chi connectivity index (χ4v) is 2.30. The van der Waals surface area contributed by atoms with E-state index in [0.717, 1.165) is 18.9 Å². The van der Waals surface area contributed by atoms with Gasteiger partial charge in [0, 0.05) is 38.6 Å². The summed E-state index contributed by atoms with van der Waals surface area (Å²) in [5, 5.41) is 2.81. The van der Waals surface area contributed by atoms with Crippen LogP contribution in [0.5, 0.6) is 0 Å². The Kier molecular flexibility index (Phi) is 3.95. The van der Waals surface area contributed by atoms with Gasteiger partial charge in [0.05, 0.1) is 0 Å². The number of urea groups is 1. The van der Waals surface area contributed by atoms with Crippen LogP contribution in [0.15, 0.2) is 48.8 Å². The molecular formula is C15H17N5O. The van der Waals surface area contributed by atoms with Crippen molar-refractivity contribution in [3.05, 3.63) is 48.8 Å². The van der Waals surface area contributed by atoms with Crippen molar-refractivity contribution < 1.29 is 4.79 Å². The summed E-state index contributed by atoms with van der Waals surface area (Å²) in [6.07, 6.45) is 3.45. The van der Waals surface area contributed by atoms with Crippen LogP contribution in [0.3, 0.4) is 0 Å². The highest BCUT2D eigenvalue weighted by Gasteiger charge is 2.21. The van der Waals surface area contributed by atoms with Crippen LogP contribution in [-0.4, -0.2) is 47.1 Å². The summed E-state index contributed by atoms with van der Waals surface area (Å²) < 4.78 is 0. The van der Waals surface area contributed by atoms with Crippen LogP contribution in [-0.2, 0) is 0 Å². The van der Waals surface area contributed by atoms with E-state index in [4.69, 9.17) is 0 Å². The molecule has 1 fully saturated rings. The first-order valence-corrected chi connectivity index (χ1v) is 6.96. The first kappa shape index (κ1) is 13.4. The van der Waals surface area contributed by atoms with Crippen molar-refractivity contribution in [2.24, 2.45) is 0 Å². The topological polar surface area (TPSA) is 61.4 Å². The molecule has 0 radical (unpaired) electrons. The minimum atomic E-state index is -0.102. The zero-order valence-electron chi connectivity index (χ0n) is 11.6. The molecule has 3 rings (SSSR count). The molecule has 21 heavy (non-hydrogen) atoms. The van der Waals surface area contributed by atoms with Crippen molar-refractivity contribution in [1.29, 1.82) is 0 Å². The number of pyridine rings is 2. The van der Waals surface area contributed by atoms with Crippen molar-refractivity contribution in [3.63, 3.8) is 0 Å². The van der Waals surface area contributed by atoms with E-state index in [0.29, 0.717) is 18.9 Å². The van der Waals surface area contributed by atoms with Crippen LogP contribution >= 0.6 is 0 Å². The number of hydrogen-bond donors (Lipinski definition) is 1. The van der Waals surface area contributed by atoms with Crippen molar-refractivity contribution in [3.8, 4) is 0 Å². The number of nitrogens with zero attached hydrogens (tertiary/aromatic N) is 4. The second kappa shape index (κ2) is 6.21. The van der Waals surface area contributed by atoms with E-state index in [9.17, 15) is 4.79 Å². The third kappa shape index (κ3) is 3.28. The van der Waals surface area contributed by atoms with Crippen molar-refractivity contribution in [1.82, 2.24) is 14.9 Å². The molecule has 0 aliphatic carbocycles. The molecular weight excluding hydrogens is 266 g/mol. The Labute approximate surface area is 123 Å². The lowest BCUT2D eigenvalue weighted by atomic mass is 10.3. The number of amides is 2. The van der Waals surface area contributed by atoms with Gasteiger partial charge in [0.2, 0.25) is 0 Å². The molecule has 0 bridgehead atoms. The Hall–Kier alpha value is -2.63. The lowest BCUT2D eigenvalue weighted by molar-refractivity contribution is 0.208. The predicted octanol–water partition coefficient (Wildman–Crippen LogP) is 1.83. The molecule has 0 saturated carbocycles. The third-order valence-corrected chi connectivity index (χ3v) is 3.44. The van der Waals surface area contributed by atoms with Gasteiger partial charge in [0.25, 0.3) is 0 Å². The van der Waals surface area contributed by atoms with E-state index in [1.165, 1.54) is 0 Å². The Morgan fingerprint density at radius 3 is 2.29 bits per heavy atom. The van der Waals surface area contributed by atoms with Gasteiger partial charge in [-0.2, -0.15) is 0 Å². The van der Waals surface area contributed by atoms with Crippen LogP contribution in [0, 0.1) is 0 Å². The number of rotatable bonds is 2. The highest BCUT2D eigenvalue weighted by molar-refractivity contribution is 5.88. The summed E-state index contributed by atoms with van der Waals surface area (Å²) in [7, 11) is 0. The van der Waals surface area contributed by atoms with Gasteiger partial charge >= 0.3 is 6.03 Å². The van der Waals surface area contributed by atoms with E-state index in [1.54, 1.807) is 23.4 Å². The van der Waals surface area contributed by atoms with E-state index in [1.807, 2.05) is 30.3 Å². The van der Waals surface area contributed by atoms with Crippen LogP contribution < -0.4 is 10.2 Å². The monoisotopic (exact) mass is 283 g/mol. The largest absolute Gasteiger partial charge is 0.353 e. The summed E-state index contributed by atoms with van der Waals surface area (Å²) in [5.74, 6) is 1.54. The van der Waals surface area contributed by atoms with Gasteiger partial charge in [-0.3, -0.25) is 5.32 Å². The first-order valence-electron chi connectivity index (χ1n) is 6.96. The van der Waals surface area contributed by atoms with Gasteiger partial charge in [-0.05, 0) is 24.3 Å². The summed E-state index contributed by atoms with van der Waals surface area (Å²) in [5.41, 5.74) is 0. The van der Waals surface area contributed by atoms with Crippen LogP contribution in [0.4, 0.5) is 16.4 Å². The number of anilines is 2. The van der Waals surface area contributed by atoms with Crippen LogP contribution in [0.2, 0.25) is 0 Å². The molecule has 2 amide bonds. The first-order chi connectivity index (χ1) is 10.3. The third-order valence-electron chi connectivity index (χ3n) is 3.44. The van der Waals surface area contributed by atoms with Gasteiger partial charge in [0.15, 0.2) is 0 Å². The standard InChI is InChI=1S/C15H17N5O/c21-15(18-13-5-1-3-7-16-13)20-11-9-19(10-12-20)14-6-2-4-8-17-14/h1-8H,9-12H2,(H,16,18,21). The molecule has 0 spiro atoms. The van der Waals surface area contributed by atoms with E-state index in [2.05, 4.69) is 20.2 Å². The number of piperazine rings is 1. The van der Waals surface area contributed by atoms with Gasteiger partial charge in [-0.15, -0.1) is 0 Å². The Bertz CT molecular complexity index is 582. The number of nitrogens with one attached hydrogen (secondary N) is 1. The lowest BCUT2D eigenvalue weighted by Gasteiger charge is -2.35. The zero-order chi connectivity index (χ0) is 14.5. The molecule has 108 valence electrons. The second-order valence-electron chi connectivity index (χ2n) is 4.81. The number of carbonyl (C=O) groups excluding carboxylic acids is 1. The number of carbonyl (C=O) groups is 1. The Morgan fingerprint density at radius 1 is 0.952 bits per heavy atom. The lowest BCUT2D eigenvalue weighted by Crippen LogP contribution is -2.50. The van der Waals surface area contributed by atoms with Crippen molar-refractivity contribution in [2.75, 3.05) is 36.4 Å². The van der Waals surface area contributed by atoms with E-state index < -0.39 is 0 Å². The molecule has 1 aliphatic heterocycles. The van der Waals surface area contributed by atoms with Gasteiger partial charge in [0.1, 0.15) is 11.6 Å². The number of aromatic nitrogens is 2. The normalized spacial score (nSPS) is 14.9. The highest BCUT2D eigenvalue weighted by Crippen LogP contribution is 2.13. The fourth-order valence-electron chi connectivity index (χ4n) is 2.30. The molecule has 0 atom stereocenters. The summed E-state index contributed by atoms with van der Waals surface area (Å²) in [4.78, 5) is 24.6. The SMILES string of the molecule is O=C(Nc1ccccn1)N1CCN(c2ccccn2)CC1. The van der Waals surface area contributed by atoms with E-state index in [-0.39, 0.29) is 6.03 Å². The Balaban J connectivity index is 1.55. The quantitative estimate of drug-likeness (QED) is 0.913. The average Bonchev–Trinajstić information content (AvgIpc) is 2.57. The Morgan fingerprint density at radius 2 is 1.67 bits per heavy atom. The predicted molar refractivity (Wildman–Crippen MR) is 81.3 cm³/mol. The van der Waals surface area contributed by atoms with Gasteiger partial charge in [-0.1, -0.05) is 12.1 Å². The molecule has 1 N–H and O–H groups in total. The number of hydrogen-bond acceptors (Lipinski definition) is 4. The van der Waals surface area contributed by atoms with Gasteiger partial charge in [-0.25, -0.2) is 14.8 Å². The minimum Gasteiger partial charge on any atom is -0.353 e. The average molecular weight is 283 g/mol. The summed E-state index contributed by atoms with van der Waals surface area (Å²) >= 11 is 0. The molecule has 3 heterocycles. The molecule has 0 unspecified atom stereocenters. The molecule has 1 aliphatic rings. The molecule has 2 aromatic rings. The zero-order valence-corrected chi connectivity index (χ0v) is 11.6. The summed E-state index contributed by atoms with van der Waals surface area (Å²) in [6.45, 7) is 2.92. The maximum absolute atomic E-state index is 12.2. The summed E-state index contributed by atoms with van der Waals surface area (Å²) in [6, 6.07) is 11.2. The smallest absolute Gasteiger partial charge is 0.323 e. The van der Waals surface area contributed by atoms with Crippen molar-refractivity contribution in [2.45, 2.75) is 0 Å².